The highest BCUT2D eigenvalue weighted by atomic mass is 35.5. The minimum atomic E-state index is -0.187. The highest BCUT2D eigenvalue weighted by molar-refractivity contribution is 6.31. The number of rotatable bonds is 9. The largest absolute Gasteiger partial charge is 0.355 e. The van der Waals surface area contributed by atoms with Gasteiger partial charge in [0.25, 0.3) is 5.91 Å². The van der Waals surface area contributed by atoms with Gasteiger partial charge in [-0.25, -0.2) is 0 Å². The van der Waals surface area contributed by atoms with E-state index in [4.69, 9.17) is 11.6 Å². The molecule has 3 rings (SSSR count). The molecule has 2 amide bonds. The van der Waals surface area contributed by atoms with Crippen LogP contribution in [0.2, 0.25) is 5.02 Å². The molecule has 170 valence electrons. The molecule has 1 saturated carbocycles. The van der Waals surface area contributed by atoms with Crippen molar-refractivity contribution in [3.63, 3.8) is 0 Å². The lowest BCUT2D eigenvalue weighted by atomic mass is 10.1. The molecule has 0 aliphatic heterocycles. The molecule has 2 aromatic rings. The Balaban J connectivity index is 0.000000245. The summed E-state index contributed by atoms with van der Waals surface area (Å²) in [6.07, 6.45) is 5.92. The summed E-state index contributed by atoms with van der Waals surface area (Å²) in [5.41, 5.74) is 2.32. The van der Waals surface area contributed by atoms with Crippen LogP contribution in [0.3, 0.4) is 0 Å². The highest BCUT2D eigenvalue weighted by Crippen LogP contribution is 2.44. The smallest absolute Gasteiger partial charge is 0.271 e. The molecule has 1 aromatic carbocycles. The van der Waals surface area contributed by atoms with E-state index < -0.39 is 0 Å². The summed E-state index contributed by atoms with van der Waals surface area (Å²) in [5, 5.41) is 10.5. The van der Waals surface area contributed by atoms with Crippen molar-refractivity contribution in [1.82, 2.24) is 20.4 Å². The third-order valence-corrected chi connectivity index (χ3v) is 6.40. The number of hydrogen-bond acceptors (Lipinski definition) is 3. The molecular formula is C24H35ClN4O2. The van der Waals surface area contributed by atoms with E-state index in [2.05, 4.69) is 29.6 Å². The Morgan fingerprint density at radius 1 is 1.29 bits per heavy atom. The zero-order valence-corrected chi connectivity index (χ0v) is 19.9. The summed E-state index contributed by atoms with van der Waals surface area (Å²) in [4.78, 5) is 21.8. The average Bonchev–Trinajstić information content (AvgIpc) is 3.29. The monoisotopic (exact) mass is 446 g/mol. The minimum absolute atomic E-state index is 0.0212. The van der Waals surface area contributed by atoms with Gasteiger partial charge in [-0.1, -0.05) is 62.9 Å². The summed E-state index contributed by atoms with van der Waals surface area (Å²) in [6.45, 7) is 8.35. The second kappa shape index (κ2) is 11.9. The molecule has 0 radical (unpaired) electrons. The number of nitrogens with zero attached hydrogens (tertiary/aromatic N) is 2. The maximum atomic E-state index is 11.6. The lowest BCUT2D eigenvalue weighted by Gasteiger charge is -2.16. The number of amides is 2. The van der Waals surface area contributed by atoms with Gasteiger partial charge in [-0.2, -0.15) is 5.10 Å². The Hall–Kier alpha value is -2.34. The third kappa shape index (κ3) is 6.33. The van der Waals surface area contributed by atoms with Crippen molar-refractivity contribution in [3.05, 3.63) is 52.3 Å². The Labute approximate surface area is 190 Å². The first-order chi connectivity index (χ1) is 14.9. The van der Waals surface area contributed by atoms with Crippen molar-refractivity contribution in [2.45, 2.75) is 65.5 Å². The predicted molar refractivity (Wildman–Crippen MR) is 125 cm³/mol. The normalized spacial score (nSPS) is 20.3. The minimum Gasteiger partial charge on any atom is -0.355 e. The fraction of sp³-hybridized carbons (Fsp3) is 0.542. The number of aromatic nitrogens is 2. The lowest BCUT2D eigenvalue weighted by Crippen LogP contribution is -2.19. The van der Waals surface area contributed by atoms with Gasteiger partial charge in [-0.05, 0) is 49.8 Å². The van der Waals surface area contributed by atoms with Gasteiger partial charge in [0.05, 0.1) is 6.04 Å². The Morgan fingerprint density at radius 3 is 2.58 bits per heavy atom. The van der Waals surface area contributed by atoms with Crippen molar-refractivity contribution in [2.24, 2.45) is 11.8 Å². The van der Waals surface area contributed by atoms with Crippen molar-refractivity contribution >= 4 is 23.9 Å². The number of aryl methyl sites for hydroxylation is 1. The molecule has 0 spiro atoms. The number of carbonyl (C=O) groups is 2. The van der Waals surface area contributed by atoms with E-state index in [0.29, 0.717) is 16.8 Å². The molecule has 0 saturated heterocycles. The van der Waals surface area contributed by atoms with Crippen LogP contribution in [0.4, 0.5) is 0 Å². The van der Waals surface area contributed by atoms with E-state index >= 15 is 0 Å². The number of hydrogen-bond donors (Lipinski definition) is 2. The van der Waals surface area contributed by atoms with Gasteiger partial charge in [0, 0.05) is 23.8 Å². The molecule has 4 atom stereocenters. The molecule has 7 heteroatoms. The SMILES string of the molecule is CCCCC1C(CC)C1NC=O.CNC(=O)c1cc(C)n(C(C)c2ccccc2Cl)n1. The molecule has 2 N–H and O–H groups in total. The molecule has 1 heterocycles. The quantitative estimate of drug-likeness (QED) is 0.545. The van der Waals surface area contributed by atoms with Gasteiger partial charge >= 0.3 is 0 Å². The van der Waals surface area contributed by atoms with Crippen LogP contribution in [0.15, 0.2) is 30.3 Å². The first-order valence-corrected chi connectivity index (χ1v) is 11.5. The summed E-state index contributed by atoms with van der Waals surface area (Å²) < 4.78 is 1.81. The first kappa shape index (κ1) is 24.9. The van der Waals surface area contributed by atoms with Crippen LogP contribution in [-0.4, -0.2) is 35.2 Å². The van der Waals surface area contributed by atoms with Crippen LogP contribution in [0.1, 0.15) is 74.2 Å². The molecule has 4 unspecified atom stereocenters. The number of nitrogens with one attached hydrogen (secondary N) is 2. The maximum absolute atomic E-state index is 11.6. The molecule has 1 aliphatic rings. The summed E-state index contributed by atoms with van der Waals surface area (Å²) in [7, 11) is 1.59. The molecule has 1 aromatic heterocycles. The Kier molecular flexibility index (Phi) is 9.56. The summed E-state index contributed by atoms with van der Waals surface area (Å²) in [6, 6.07) is 9.90. The van der Waals surface area contributed by atoms with Crippen LogP contribution in [0.25, 0.3) is 0 Å². The van der Waals surface area contributed by atoms with Crippen LogP contribution >= 0.6 is 11.6 Å². The van der Waals surface area contributed by atoms with Gasteiger partial charge in [0.15, 0.2) is 0 Å². The molecule has 6 nitrogen and oxygen atoms in total. The molecule has 1 fully saturated rings. The summed E-state index contributed by atoms with van der Waals surface area (Å²) >= 11 is 6.20. The third-order valence-electron chi connectivity index (χ3n) is 6.06. The molecule has 1 aliphatic carbocycles. The predicted octanol–water partition coefficient (Wildman–Crippen LogP) is 4.76. The van der Waals surface area contributed by atoms with Crippen molar-refractivity contribution in [1.29, 1.82) is 0 Å². The van der Waals surface area contributed by atoms with Gasteiger partial charge in [0.1, 0.15) is 5.69 Å². The lowest BCUT2D eigenvalue weighted by molar-refractivity contribution is -0.109. The van der Waals surface area contributed by atoms with E-state index in [9.17, 15) is 9.59 Å². The number of halogens is 1. The van der Waals surface area contributed by atoms with E-state index in [1.807, 2.05) is 42.8 Å². The second-order valence-electron chi connectivity index (χ2n) is 8.08. The molecule has 0 bridgehead atoms. The van der Waals surface area contributed by atoms with E-state index in [1.165, 1.54) is 25.7 Å². The van der Waals surface area contributed by atoms with Gasteiger partial charge < -0.3 is 10.6 Å². The van der Waals surface area contributed by atoms with Crippen LogP contribution in [-0.2, 0) is 4.79 Å². The van der Waals surface area contributed by atoms with Gasteiger partial charge in [-0.3, -0.25) is 14.3 Å². The van der Waals surface area contributed by atoms with Crippen molar-refractivity contribution in [2.75, 3.05) is 7.05 Å². The van der Waals surface area contributed by atoms with Crippen LogP contribution < -0.4 is 10.6 Å². The molecule has 31 heavy (non-hydrogen) atoms. The van der Waals surface area contributed by atoms with Gasteiger partial charge in [0.2, 0.25) is 6.41 Å². The number of unbranched alkanes of at least 4 members (excludes halogenated alkanes) is 1. The fourth-order valence-corrected chi connectivity index (χ4v) is 4.52. The Bertz CT molecular complexity index is 867. The van der Waals surface area contributed by atoms with Crippen LogP contribution in [0, 0.1) is 18.8 Å². The number of benzene rings is 1. The molecular weight excluding hydrogens is 412 g/mol. The highest BCUT2D eigenvalue weighted by Gasteiger charge is 2.47. The average molecular weight is 447 g/mol. The second-order valence-corrected chi connectivity index (χ2v) is 8.49. The Morgan fingerprint density at radius 2 is 2.00 bits per heavy atom. The standard InChI is InChI=1S/C14H16ClN3O.C10H19NO/c1-9-8-13(14(19)16-3)17-18(9)10(2)11-6-4-5-7-12(11)15;1-3-5-6-9-8(4-2)10(9)11-7-12/h4-8,10H,1-3H3,(H,16,19);7-10H,3-6H2,1-2H3,(H,11,12). The zero-order valence-electron chi connectivity index (χ0n) is 19.2. The number of carbonyl (C=O) groups excluding carboxylic acids is 2. The van der Waals surface area contributed by atoms with E-state index in [0.717, 1.165) is 29.5 Å². The summed E-state index contributed by atoms with van der Waals surface area (Å²) in [5.74, 6) is 1.36. The maximum Gasteiger partial charge on any atom is 0.271 e. The zero-order chi connectivity index (χ0) is 23.0. The van der Waals surface area contributed by atoms with E-state index in [1.54, 1.807) is 13.1 Å². The topological polar surface area (TPSA) is 76.0 Å². The van der Waals surface area contributed by atoms with Crippen LogP contribution in [0.5, 0.6) is 0 Å². The van der Waals surface area contributed by atoms with E-state index in [-0.39, 0.29) is 11.9 Å². The first-order valence-electron chi connectivity index (χ1n) is 11.1. The van der Waals surface area contributed by atoms with Crippen molar-refractivity contribution in [3.8, 4) is 0 Å². The fourth-order valence-electron chi connectivity index (χ4n) is 4.23. The van der Waals surface area contributed by atoms with Gasteiger partial charge in [-0.15, -0.1) is 0 Å². The van der Waals surface area contributed by atoms with Crippen molar-refractivity contribution < 1.29 is 9.59 Å².